The van der Waals surface area contributed by atoms with Crippen LogP contribution >= 0.6 is 23.2 Å². The number of aliphatic hydroxyl groups is 3. The molecule has 0 unspecified atom stereocenters. The number of rotatable bonds is 4. The molecule has 0 spiro atoms. The van der Waals surface area contributed by atoms with E-state index >= 15 is 0 Å². The van der Waals surface area contributed by atoms with E-state index in [2.05, 4.69) is 5.32 Å². The maximum absolute atomic E-state index is 11.3. The van der Waals surface area contributed by atoms with Crippen molar-refractivity contribution < 1.29 is 29.6 Å². The third-order valence-corrected chi connectivity index (χ3v) is 3.92. The molecule has 1 aromatic carbocycles. The minimum absolute atomic E-state index is 0.212. The summed E-state index contributed by atoms with van der Waals surface area (Å²) in [6.07, 6.45) is -4.99. The molecule has 1 aliphatic rings. The van der Waals surface area contributed by atoms with Gasteiger partial charge in [0, 0.05) is 11.9 Å². The lowest BCUT2D eigenvalue weighted by Gasteiger charge is -2.42. The Morgan fingerprint density at radius 1 is 1.35 bits per heavy atom. The van der Waals surface area contributed by atoms with Crippen molar-refractivity contribution in [1.82, 2.24) is 5.32 Å². The molecule has 128 valence electrons. The van der Waals surface area contributed by atoms with Crippen LogP contribution in [-0.2, 0) is 9.53 Å². The Hall–Kier alpha value is -1.09. The van der Waals surface area contributed by atoms with E-state index in [1.807, 2.05) is 0 Å². The van der Waals surface area contributed by atoms with Gasteiger partial charge in [-0.2, -0.15) is 0 Å². The maximum Gasteiger partial charge on any atom is 0.223 e. The Bertz CT molecular complexity index is 572. The van der Waals surface area contributed by atoms with Crippen molar-refractivity contribution in [2.24, 2.45) is 0 Å². The summed E-state index contributed by atoms with van der Waals surface area (Å²) >= 11 is 11.8. The van der Waals surface area contributed by atoms with E-state index in [0.717, 1.165) is 0 Å². The highest BCUT2D eigenvalue weighted by Crippen LogP contribution is 2.31. The average Bonchev–Trinajstić information content (AvgIpc) is 2.48. The van der Waals surface area contributed by atoms with Gasteiger partial charge >= 0.3 is 0 Å². The van der Waals surface area contributed by atoms with Crippen LogP contribution in [-0.4, -0.2) is 58.5 Å². The minimum Gasteiger partial charge on any atom is -0.461 e. The molecule has 2 rings (SSSR count). The summed E-state index contributed by atoms with van der Waals surface area (Å²) in [6, 6.07) is 3.47. The molecule has 0 aromatic heterocycles. The fourth-order valence-corrected chi connectivity index (χ4v) is 2.72. The van der Waals surface area contributed by atoms with Crippen LogP contribution in [0.5, 0.6) is 5.75 Å². The lowest BCUT2D eigenvalue weighted by Crippen LogP contribution is -2.65. The summed E-state index contributed by atoms with van der Waals surface area (Å²) in [5.74, 6) is -0.222. The van der Waals surface area contributed by atoms with Gasteiger partial charge in [0.05, 0.1) is 11.6 Å². The molecule has 0 saturated carbocycles. The van der Waals surface area contributed by atoms with E-state index in [1.54, 1.807) is 6.07 Å². The van der Waals surface area contributed by atoms with Crippen molar-refractivity contribution >= 4 is 29.1 Å². The van der Waals surface area contributed by atoms with Gasteiger partial charge in [-0.1, -0.05) is 23.2 Å². The molecule has 5 atom stereocenters. The van der Waals surface area contributed by atoms with E-state index in [-0.39, 0.29) is 10.8 Å². The molecule has 23 heavy (non-hydrogen) atoms. The van der Waals surface area contributed by atoms with Crippen LogP contribution in [0.2, 0.25) is 10.0 Å². The van der Waals surface area contributed by atoms with E-state index in [4.69, 9.17) is 32.7 Å². The first-order chi connectivity index (χ1) is 10.8. The Labute approximate surface area is 142 Å². The Morgan fingerprint density at radius 3 is 2.61 bits per heavy atom. The molecule has 0 radical (unpaired) electrons. The standard InChI is InChI=1S/C14H17Cl2NO6/c1-6(19)17-11-13(21)12(20)10(5-18)23-14(11)22-9-3-2-7(15)4-8(9)16/h2-4,10-14,18,20-21H,5H2,1H3,(H,17,19)/t10-,11-,12+,13+,14+/m1/s1. The predicted octanol–water partition coefficient (Wildman–Crippen LogP) is 0.316. The fraction of sp³-hybridized carbons (Fsp3) is 0.500. The van der Waals surface area contributed by atoms with Gasteiger partial charge in [0.15, 0.2) is 0 Å². The van der Waals surface area contributed by atoms with Crippen molar-refractivity contribution in [2.45, 2.75) is 37.6 Å². The van der Waals surface area contributed by atoms with Gasteiger partial charge < -0.3 is 30.1 Å². The minimum atomic E-state index is -1.39. The Balaban J connectivity index is 2.25. The van der Waals surface area contributed by atoms with Crippen molar-refractivity contribution in [3.63, 3.8) is 0 Å². The molecule has 0 aliphatic carbocycles. The number of nitrogens with one attached hydrogen (secondary N) is 1. The van der Waals surface area contributed by atoms with Crippen LogP contribution in [0.25, 0.3) is 0 Å². The van der Waals surface area contributed by atoms with Crippen LogP contribution < -0.4 is 10.1 Å². The molecule has 1 amide bonds. The summed E-state index contributed by atoms with van der Waals surface area (Å²) in [6.45, 7) is 0.725. The van der Waals surface area contributed by atoms with Crippen LogP contribution in [0.4, 0.5) is 0 Å². The summed E-state index contributed by atoms with van der Waals surface area (Å²) in [5, 5.41) is 32.4. The van der Waals surface area contributed by atoms with Gasteiger partial charge in [-0.25, -0.2) is 0 Å². The number of ether oxygens (including phenoxy) is 2. The second-order valence-corrected chi connectivity index (χ2v) is 5.97. The largest absolute Gasteiger partial charge is 0.461 e. The first-order valence-corrected chi connectivity index (χ1v) is 7.60. The van der Waals surface area contributed by atoms with Crippen molar-refractivity contribution in [3.05, 3.63) is 28.2 Å². The molecule has 1 fully saturated rings. The van der Waals surface area contributed by atoms with Crippen molar-refractivity contribution in [3.8, 4) is 5.75 Å². The Kier molecular flexibility index (Phi) is 6.07. The van der Waals surface area contributed by atoms with Crippen LogP contribution in [0.1, 0.15) is 6.92 Å². The first kappa shape index (κ1) is 18.3. The summed E-state index contributed by atoms with van der Waals surface area (Å²) in [5.41, 5.74) is 0. The summed E-state index contributed by atoms with van der Waals surface area (Å²) in [4.78, 5) is 11.3. The third kappa shape index (κ3) is 4.26. The van der Waals surface area contributed by atoms with Crippen LogP contribution in [0, 0.1) is 0 Å². The van der Waals surface area contributed by atoms with Gasteiger partial charge in [0.2, 0.25) is 12.2 Å². The lowest BCUT2D eigenvalue weighted by atomic mass is 9.97. The van der Waals surface area contributed by atoms with Crippen molar-refractivity contribution in [2.75, 3.05) is 6.61 Å². The molecule has 7 nitrogen and oxygen atoms in total. The molecule has 1 saturated heterocycles. The zero-order valence-corrected chi connectivity index (χ0v) is 13.7. The van der Waals surface area contributed by atoms with Gasteiger partial charge in [-0.05, 0) is 18.2 Å². The predicted molar refractivity (Wildman–Crippen MR) is 82.5 cm³/mol. The number of halogens is 2. The zero-order valence-electron chi connectivity index (χ0n) is 12.1. The van der Waals surface area contributed by atoms with E-state index < -0.39 is 43.2 Å². The fourth-order valence-electron chi connectivity index (χ4n) is 2.27. The number of carbonyl (C=O) groups excluding carboxylic acids is 1. The summed E-state index contributed by atoms with van der Waals surface area (Å²) in [7, 11) is 0. The molecule has 0 bridgehead atoms. The smallest absolute Gasteiger partial charge is 0.223 e. The number of aliphatic hydroxyl groups excluding tert-OH is 3. The van der Waals surface area contributed by atoms with Gasteiger partial charge in [0.25, 0.3) is 0 Å². The SMILES string of the molecule is CC(=O)N[C@H]1[C@@H](Oc2ccc(Cl)cc2Cl)O[C@H](CO)[C@H](O)[C@H]1O. The topological polar surface area (TPSA) is 108 Å². The quantitative estimate of drug-likeness (QED) is 0.611. The first-order valence-electron chi connectivity index (χ1n) is 6.84. The Morgan fingerprint density at radius 2 is 2.04 bits per heavy atom. The van der Waals surface area contributed by atoms with E-state index in [0.29, 0.717) is 5.02 Å². The van der Waals surface area contributed by atoms with Crippen LogP contribution in [0.15, 0.2) is 18.2 Å². The number of amides is 1. The second-order valence-electron chi connectivity index (χ2n) is 5.13. The molecule has 1 aliphatic heterocycles. The second kappa shape index (κ2) is 7.65. The molecule has 1 heterocycles. The zero-order chi connectivity index (χ0) is 17.1. The number of benzene rings is 1. The molecule has 9 heteroatoms. The molecular formula is C14H17Cl2NO6. The lowest BCUT2D eigenvalue weighted by molar-refractivity contribution is -0.244. The van der Waals surface area contributed by atoms with Gasteiger partial charge in [-0.3, -0.25) is 4.79 Å². The highest BCUT2D eigenvalue weighted by molar-refractivity contribution is 6.35. The highest BCUT2D eigenvalue weighted by atomic mass is 35.5. The van der Waals surface area contributed by atoms with Gasteiger partial charge in [-0.15, -0.1) is 0 Å². The maximum atomic E-state index is 11.3. The molecule has 1 aromatic rings. The normalized spacial score (nSPS) is 30.8. The van der Waals surface area contributed by atoms with E-state index in [1.165, 1.54) is 19.1 Å². The number of hydrogen-bond acceptors (Lipinski definition) is 6. The number of carbonyl (C=O) groups is 1. The molecular weight excluding hydrogens is 349 g/mol. The molecule has 4 N–H and O–H groups in total. The average molecular weight is 366 g/mol. The van der Waals surface area contributed by atoms with Crippen molar-refractivity contribution in [1.29, 1.82) is 0 Å². The van der Waals surface area contributed by atoms with Gasteiger partial charge in [0.1, 0.15) is 30.1 Å². The number of hydrogen-bond donors (Lipinski definition) is 4. The van der Waals surface area contributed by atoms with E-state index in [9.17, 15) is 20.1 Å². The monoisotopic (exact) mass is 365 g/mol. The summed E-state index contributed by atoms with van der Waals surface area (Å²) < 4.78 is 11.0. The third-order valence-electron chi connectivity index (χ3n) is 3.39. The van der Waals surface area contributed by atoms with Crippen LogP contribution in [0.3, 0.4) is 0 Å². The highest BCUT2D eigenvalue weighted by Gasteiger charge is 2.46.